The van der Waals surface area contributed by atoms with E-state index in [4.69, 9.17) is 17.3 Å². The second kappa shape index (κ2) is 5.37. The zero-order chi connectivity index (χ0) is 15.0. The van der Waals surface area contributed by atoms with Crippen molar-refractivity contribution in [3.8, 4) is 0 Å². The summed E-state index contributed by atoms with van der Waals surface area (Å²) in [5, 5.41) is 3.06. The Balaban J connectivity index is 1.81. The van der Waals surface area contributed by atoms with Gasteiger partial charge in [0.25, 0.3) is 5.91 Å². The van der Waals surface area contributed by atoms with Crippen LogP contribution in [0.4, 0.5) is 10.1 Å². The molecule has 2 aromatic rings. The minimum atomic E-state index is -0.460. The van der Waals surface area contributed by atoms with Crippen molar-refractivity contribution in [2.45, 2.75) is 18.9 Å². The molecule has 0 aromatic heterocycles. The number of anilines is 1. The SMILES string of the molecule is Nc1ccc2c(c1)CCC2NC(=O)c1ccc(F)cc1Cl. The van der Waals surface area contributed by atoms with Gasteiger partial charge in [-0.1, -0.05) is 17.7 Å². The number of aryl methyl sites for hydroxylation is 1. The Labute approximate surface area is 126 Å². The molecular formula is C16H14ClFN2O. The quantitative estimate of drug-likeness (QED) is 0.835. The van der Waals surface area contributed by atoms with Gasteiger partial charge in [-0.2, -0.15) is 0 Å². The fourth-order valence-corrected chi connectivity index (χ4v) is 2.95. The van der Waals surface area contributed by atoms with Crippen LogP contribution in [-0.2, 0) is 6.42 Å². The van der Waals surface area contributed by atoms with Crippen LogP contribution in [0.3, 0.4) is 0 Å². The van der Waals surface area contributed by atoms with Crippen molar-refractivity contribution in [1.82, 2.24) is 5.32 Å². The average Bonchev–Trinajstić information content (AvgIpc) is 2.80. The van der Waals surface area contributed by atoms with Gasteiger partial charge in [0.15, 0.2) is 0 Å². The lowest BCUT2D eigenvalue weighted by Gasteiger charge is -2.15. The minimum absolute atomic E-state index is 0.0609. The van der Waals surface area contributed by atoms with E-state index in [2.05, 4.69) is 5.32 Å². The monoisotopic (exact) mass is 304 g/mol. The lowest BCUT2D eigenvalue weighted by molar-refractivity contribution is 0.0937. The van der Waals surface area contributed by atoms with Gasteiger partial charge in [0.2, 0.25) is 0 Å². The molecule has 3 nitrogen and oxygen atoms in total. The van der Waals surface area contributed by atoms with Gasteiger partial charge in [-0.05, 0) is 54.3 Å². The van der Waals surface area contributed by atoms with Gasteiger partial charge in [0.1, 0.15) is 5.82 Å². The molecule has 5 heteroatoms. The van der Waals surface area contributed by atoms with Crippen LogP contribution in [0.5, 0.6) is 0 Å². The van der Waals surface area contributed by atoms with E-state index >= 15 is 0 Å². The van der Waals surface area contributed by atoms with Crippen molar-refractivity contribution in [1.29, 1.82) is 0 Å². The molecule has 1 aliphatic rings. The van der Waals surface area contributed by atoms with Crippen LogP contribution in [0.2, 0.25) is 5.02 Å². The van der Waals surface area contributed by atoms with Crippen molar-refractivity contribution in [2.75, 3.05) is 5.73 Å². The van der Waals surface area contributed by atoms with Crippen LogP contribution < -0.4 is 11.1 Å². The fraction of sp³-hybridized carbons (Fsp3) is 0.188. The molecule has 0 saturated carbocycles. The van der Waals surface area contributed by atoms with E-state index in [0.29, 0.717) is 0 Å². The third kappa shape index (κ3) is 2.72. The molecular weight excluding hydrogens is 291 g/mol. The number of amides is 1. The highest BCUT2D eigenvalue weighted by Crippen LogP contribution is 2.32. The van der Waals surface area contributed by atoms with E-state index in [-0.39, 0.29) is 22.5 Å². The number of nitrogen functional groups attached to an aromatic ring is 1. The number of carbonyl (C=O) groups is 1. The summed E-state index contributed by atoms with van der Waals surface area (Å²) in [6, 6.07) is 9.40. The molecule has 1 unspecified atom stereocenters. The maximum atomic E-state index is 13.0. The first-order chi connectivity index (χ1) is 10.0. The van der Waals surface area contributed by atoms with Gasteiger partial charge in [0.05, 0.1) is 16.6 Å². The van der Waals surface area contributed by atoms with Crippen LogP contribution in [-0.4, -0.2) is 5.91 Å². The Kier molecular flexibility index (Phi) is 3.55. The molecule has 2 aromatic carbocycles. The molecule has 0 radical (unpaired) electrons. The highest BCUT2D eigenvalue weighted by Gasteiger charge is 2.25. The Bertz CT molecular complexity index is 717. The first-order valence-corrected chi connectivity index (χ1v) is 7.06. The number of rotatable bonds is 2. The van der Waals surface area contributed by atoms with E-state index in [1.165, 1.54) is 12.1 Å². The van der Waals surface area contributed by atoms with Gasteiger partial charge >= 0.3 is 0 Å². The lowest BCUT2D eigenvalue weighted by atomic mass is 10.1. The summed E-state index contributed by atoms with van der Waals surface area (Å²) >= 11 is 5.91. The Morgan fingerprint density at radius 1 is 1.29 bits per heavy atom. The molecule has 0 bridgehead atoms. The molecule has 0 spiro atoms. The molecule has 108 valence electrons. The summed E-state index contributed by atoms with van der Waals surface area (Å²) in [6.45, 7) is 0. The number of carbonyl (C=O) groups excluding carboxylic acids is 1. The number of halogens is 2. The third-order valence-electron chi connectivity index (χ3n) is 3.73. The van der Waals surface area contributed by atoms with Gasteiger partial charge in [-0.3, -0.25) is 4.79 Å². The summed E-state index contributed by atoms with van der Waals surface area (Å²) in [7, 11) is 0. The summed E-state index contributed by atoms with van der Waals surface area (Å²) in [5.74, 6) is -0.757. The Morgan fingerprint density at radius 2 is 2.10 bits per heavy atom. The first kappa shape index (κ1) is 13.9. The van der Waals surface area contributed by atoms with Crippen molar-refractivity contribution < 1.29 is 9.18 Å². The lowest BCUT2D eigenvalue weighted by Crippen LogP contribution is -2.27. The topological polar surface area (TPSA) is 55.1 Å². The second-order valence-corrected chi connectivity index (χ2v) is 5.55. The maximum absolute atomic E-state index is 13.0. The molecule has 1 aliphatic carbocycles. The zero-order valence-corrected chi connectivity index (χ0v) is 12.0. The predicted octanol–water partition coefficient (Wildman–Crippen LogP) is 3.48. The molecule has 0 heterocycles. The van der Waals surface area contributed by atoms with E-state index in [1.807, 2.05) is 18.2 Å². The highest BCUT2D eigenvalue weighted by atomic mass is 35.5. The smallest absolute Gasteiger partial charge is 0.253 e. The largest absolute Gasteiger partial charge is 0.399 e. The van der Waals surface area contributed by atoms with E-state index in [9.17, 15) is 9.18 Å². The summed E-state index contributed by atoms with van der Waals surface area (Å²) in [6.07, 6.45) is 1.70. The van der Waals surface area contributed by atoms with Gasteiger partial charge in [-0.25, -0.2) is 4.39 Å². The first-order valence-electron chi connectivity index (χ1n) is 6.69. The minimum Gasteiger partial charge on any atom is -0.399 e. The summed E-state index contributed by atoms with van der Waals surface area (Å²) in [5.41, 5.74) is 9.00. The number of hydrogen-bond acceptors (Lipinski definition) is 2. The van der Waals surface area contributed by atoms with E-state index in [1.54, 1.807) is 0 Å². The van der Waals surface area contributed by atoms with Crippen LogP contribution in [0.15, 0.2) is 36.4 Å². The molecule has 3 rings (SSSR count). The predicted molar refractivity (Wildman–Crippen MR) is 80.8 cm³/mol. The molecule has 0 aliphatic heterocycles. The zero-order valence-electron chi connectivity index (χ0n) is 11.2. The molecule has 1 atom stereocenters. The molecule has 21 heavy (non-hydrogen) atoms. The second-order valence-electron chi connectivity index (χ2n) is 5.15. The Hall–Kier alpha value is -2.07. The third-order valence-corrected chi connectivity index (χ3v) is 4.04. The van der Waals surface area contributed by atoms with Crippen molar-refractivity contribution >= 4 is 23.2 Å². The van der Waals surface area contributed by atoms with Gasteiger partial charge < -0.3 is 11.1 Å². The van der Waals surface area contributed by atoms with Crippen molar-refractivity contribution in [2.24, 2.45) is 0 Å². The van der Waals surface area contributed by atoms with Gasteiger partial charge in [0, 0.05) is 5.69 Å². The number of nitrogens with two attached hydrogens (primary N) is 1. The molecule has 3 N–H and O–H groups in total. The van der Waals surface area contributed by atoms with Crippen LogP contribution >= 0.6 is 11.6 Å². The number of fused-ring (bicyclic) bond motifs is 1. The molecule has 1 amide bonds. The number of nitrogens with one attached hydrogen (secondary N) is 1. The fourth-order valence-electron chi connectivity index (χ4n) is 2.70. The summed E-state index contributed by atoms with van der Waals surface area (Å²) < 4.78 is 13.0. The maximum Gasteiger partial charge on any atom is 0.253 e. The van der Waals surface area contributed by atoms with E-state index < -0.39 is 5.82 Å². The summed E-state index contributed by atoms with van der Waals surface area (Å²) in [4.78, 5) is 12.3. The molecule has 0 fully saturated rings. The van der Waals surface area contributed by atoms with Crippen molar-refractivity contribution in [3.63, 3.8) is 0 Å². The van der Waals surface area contributed by atoms with Gasteiger partial charge in [-0.15, -0.1) is 0 Å². The molecule has 0 saturated heterocycles. The normalized spacial score (nSPS) is 16.6. The van der Waals surface area contributed by atoms with Crippen molar-refractivity contribution in [3.05, 3.63) is 63.9 Å². The highest BCUT2D eigenvalue weighted by molar-refractivity contribution is 6.33. The van der Waals surface area contributed by atoms with E-state index in [0.717, 1.165) is 35.7 Å². The Morgan fingerprint density at radius 3 is 2.86 bits per heavy atom. The number of hydrogen-bond donors (Lipinski definition) is 2. The van der Waals surface area contributed by atoms with Crippen LogP contribution in [0.1, 0.15) is 33.9 Å². The average molecular weight is 305 g/mol. The van der Waals surface area contributed by atoms with Crippen LogP contribution in [0.25, 0.3) is 0 Å². The van der Waals surface area contributed by atoms with Crippen LogP contribution in [0, 0.1) is 5.82 Å². The number of benzene rings is 2. The standard InChI is InChI=1S/C16H14ClFN2O/c17-14-8-10(18)2-4-13(14)16(21)20-15-6-1-9-7-11(19)3-5-12(9)15/h2-5,7-8,15H,1,6,19H2,(H,20,21).